The second-order valence-corrected chi connectivity index (χ2v) is 3.78. The summed E-state index contributed by atoms with van der Waals surface area (Å²) in [4.78, 5) is 10.6. The Balaban J connectivity index is 4.02. The van der Waals surface area contributed by atoms with Crippen LogP contribution in [-0.2, 0) is 4.79 Å². The smallest absolute Gasteiger partial charge is 0.265 e. The van der Waals surface area contributed by atoms with E-state index < -0.39 is 5.91 Å². The van der Waals surface area contributed by atoms with Crippen molar-refractivity contribution < 1.29 is 4.79 Å². The minimum Gasteiger partial charge on any atom is -0.383 e. The largest absolute Gasteiger partial charge is 0.383 e. The number of nitrogens with one attached hydrogen (secondary N) is 1. The summed E-state index contributed by atoms with van der Waals surface area (Å²) < 4.78 is 0. The molecule has 0 radical (unpaired) electrons. The van der Waals surface area contributed by atoms with Gasteiger partial charge in [0.15, 0.2) is 0 Å². The Bertz CT molecular complexity index is 166. The van der Waals surface area contributed by atoms with Crippen molar-refractivity contribution in [1.82, 2.24) is 5.32 Å². The molecule has 0 aromatic heterocycles. The predicted octanol–water partition coefficient (Wildman–Crippen LogP) is 0.674. The molecule has 0 rings (SSSR count). The highest BCUT2D eigenvalue weighted by Gasteiger charge is 2.00. The monoisotopic (exact) mass is 174 g/mol. The zero-order valence-electron chi connectivity index (χ0n) is 7.05. The molecule has 0 atom stereocenters. The van der Waals surface area contributed by atoms with Gasteiger partial charge in [0.1, 0.15) is 5.70 Å². The standard InChI is InChI=1S/C7H14N2OS/c1-5(2)11-4-6(9-3)7(8)10/h4-5,9H,1-3H3,(H2,8,10)/b6-4-. The van der Waals surface area contributed by atoms with E-state index in [9.17, 15) is 4.79 Å². The van der Waals surface area contributed by atoms with Crippen molar-refractivity contribution in [1.29, 1.82) is 0 Å². The average Bonchev–Trinajstić information content (AvgIpc) is 1.87. The van der Waals surface area contributed by atoms with Gasteiger partial charge in [-0.25, -0.2) is 0 Å². The van der Waals surface area contributed by atoms with E-state index in [-0.39, 0.29) is 0 Å². The van der Waals surface area contributed by atoms with Gasteiger partial charge in [0.25, 0.3) is 5.91 Å². The van der Waals surface area contributed by atoms with E-state index in [4.69, 9.17) is 5.73 Å². The molecule has 4 heteroatoms. The molecule has 3 nitrogen and oxygen atoms in total. The lowest BCUT2D eigenvalue weighted by atomic mass is 10.5. The third-order valence-corrected chi connectivity index (χ3v) is 1.91. The highest BCUT2D eigenvalue weighted by atomic mass is 32.2. The van der Waals surface area contributed by atoms with Crippen LogP contribution in [0.25, 0.3) is 0 Å². The molecular weight excluding hydrogens is 160 g/mol. The fraction of sp³-hybridized carbons (Fsp3) is 0.571. The van der Waals surface area contributed by atoms with E-state index >= 15 is 0 Å². The van der Waals surface area contributed by atoms with Crippen molar-refractivity contribution in [2.45, 2.75) is 19.1 Å². The molecule has 0 aromatic rings. The molecule has 11 heavy (non-hydrogen) atoms. The van der Waals surface area contributed by atoms with Crippen LogP contribution in [0.1, 0.15) is 13.8 Å². The second-order valence-electron chi connectivity index (χ2n) is 2.33. The predicted molar refractivity (Wildman–Crippen MR) is 49.1 cm³/mol. The third-order valence-electron chi connectivity index (χ3n) is 0.993. The fourth-order valence-electron chi connectivity index (χ4n) is 0.444. The van der Waals surface area contributed by atoms with Crippen LogP contribution < -0.4 is 11.1 Å². The third kappa shape index (κ3) is 4.72. The number of likely N-dealkylation sites (N-methyl/N-ethyl adjacent to an activating group) is 1. The second kappa shape index (κ2) is 5.07. The molecular formula is C7H14N2OS. The van der Waals surface area contributed by atoms with Crippen LogP contribution in [0.15, 0.2) is 11.1 Å². The van der Waals surface area contributed by atoms with Crippen LogP contribution in [0.3, 0.4) is 0 Å². The molecule has 0 spiro atoms. The lowest BCUT2D eigenvalue weighted by Gasteiger charge is -2.02. The maximum Gasteiger partial charge on any atom is 0.265 e. The molecule has 0 aromatic carbocycles. The minimum absolute atomic E-state index is 0.416. The van der Waals surface area contributed by atoms with Crippen molar-refractivity contribution in [2.75, 3.05) is 7.05 Å². The quantitative estimate of drug-likeness (QED) is 0.616. The van der Waals surface area contributed by atoms with Gasteiger partial charge < -0.3 is 11.1 Å². The summed E-state index contributed by atoms with van der Waals surface area (Å²) in [6.45, 7) is 4.10. The van der Waals surface area contributed by atoms with Crippen LogP contribution in [0, 0.1) is 0 Å². The molecule has 0 heterocycles. The normalized spacial score (nSPS) is 11.8. The first-order chi connectivity index (χ1) is 5.07. The average molecular weight is 174 g/mol. The van der Waals surface area contributed by atoms with E-state index in [0.29, 0.717) is 10.9 Å². The molecule has 64 valence electrons. The Morgan fingerprint density at radius 3 is 2.45 bits per heavy atom. The Kier molecular flexibility index (Phi) is 4.77. The summed E-state index contributed by atoms with van der Waals surface area (Å²) >= 11 is 1.57. The van der Waals surface area contributed by atoms with E-state index in [1.807, 2.05) is 0 Å². The first-order valence-electron chi connectivity index (χ1n) is 3.41. The summed E-state index contributed by atoms with van der Waals surface area (Å²) in [7, 11) is 1.68. The van der Waals surface area contributed by atoms with Crippen LogP contribution in [-0.4, -0.2) is 18.2 Å². The topological polar surface area (TPSA) is 55.1 Å². The number of amides is 1. The molecule has 0 aliphatic carbocycles. The van der Waals surface area contributed by atoms with Gasteiger partial charge in [-0.1, -0.05) is 13.8 Å². The van der Waals surface area contributed by atoms with Crippen molar-refractivity contribution in [3.8, 4) is 0 Å². The number of hydrogen-bond donors (Lipinski definition) is 2. The zero-order valence-corrected chi connectivity index (χ0v) is 7.87. The van der Waals surface area contributed by atoms with Gasteiger partial charge >= 0.3 is 0 Å². The summed E-state index contributed by atoms with van der Waals surface area (Å²) in [5.41, 5.74) is 5.51. The van der Waals surface area contributed by atoms with E-state index in [0.717, 1.165) is 0 Å². The number of nitrogens with two attached hydrogens (primary N) is 1. The maximum atomic E-state index is 10.6. The number of carbonyl (C=O) groups is 1. The van der Waals surface area contributed by atoms with Crippen LogP contribution >= 0.6 is 11.8 Å². The van der Waals surface area contributed by atoms with Gasteiger partial charge in [0.2, 0.25) is 0 Å². The van der Waals surface area contributed by atoms with Gasteiger partial charge in [-0.2, -0.15) is 0 Å². The summed E-state index contributed by atoms with van der Waals surface area (Å²) in [5, 5.41) is 4.94. The Morgan fingerprint density at radius 2 is 2.18 bits per heavy atom. The molecule has 0 unspecified atom stereocenters. The van der Waals surface area contributed by atoms with Crippen molar-refractivity contribution in [3.63, 3.8) is 0 Å². The maximum absolute atomic E-state index is 10.6. The lowest BCUT2D eigenvalue weighted by Crippen LogP contribution is -2.23. The van der Waals surface area contributed by atoms with Gasteiger partial charge in [-0.3, -0.25) is 4.79 Å². The van der Waals surface area contributed by atoms with Crippen LogP contribution in [0.4, 0.5) is 0 Å². The number of primary amides is 1. The molecule has 0 fully saturated rings. The van der Waals surface area contributed by atoms with E-state index in [2.05, 4.69) is 19.2 Å². The van der Waals surface area contributed by atoms with E-state index in [1.165, 1.54) is 0 Å². The van der Waals surface area contributed by atoms with Gasteiger partial charge in [-0.15, -0.1) is 11.8 Å². The number of thioether (sulfide) groups is 1. The Hall–Kier alpha value is -0.640. The molecule has 0 bridgehead atoms. The SMILES string of the molecule is CN/C(=C\SC(C)C)C(N)=O. The van der Waals surface area contributed by atoms with Gasteiger partial charge in [0.05, 0.1) is 0 Å². The zero-order chi connectivity index (χ0) is 8.85. The van der Waals surface area contributed by atoms with Crippen molar-refractivity contribution in [2.24, 2.45) is 5.73 Å². The number of hydrogen-bond acceptors (Lipinski definition) is 3. The summed E-state index contributed by atoms with van der Waals surface area (Å²) in [5.74, 6) is -0.416. The molecule has 1 amide bonds. The Labute approximate surface area is 71.4 Å². The van der Waals surface area contributed by atoms with Gasteiger partial charge in [0, 0.05) is 12.3 Å². The van der Waals surface area contributed by atoms with Crippen LogP contribution in [0.2, 0.25) is 0 Å². The molecule has 0 aliphatic heterocycles. The van der Waals surface area contributed by atoms with Crippen LogP contribution in [0.5, 0.6) is 0 Å². The highest BCUT2D eigenvalue weighted by Crippen LogP contribution is 2.11. The molecule has 0 saturated heterocycles. The van der Waals surface area contributed by atoms with Crippen molar-refractivity contribution in [3.05, 3.63) is 11.1 Å². The summed E-state index contributed by atoms with van der Waals surface area (Å²) in [6, 6.07) is 0. The first kappa shape index (κ1) is 10.4. The summed E-state index contributed by atoms with van der Waals surface area (Å²) in [6.07, 6.45) is 0. The molecule has 0 saturated carbocycles. The minimum atomic E-state index is -0.416. The lowest BCUT2D eigenvalue weighted by molar-refractivity contribution is -0.114. The van der Waals surface area contributed by atoms with E-state index in [1.54, 1.807) is 24.2 Å². The molecule has 0 aliphatic rings. The first-order valence-corrected chi connectivity index (χ1v) is 4.35. The Morgan fingerprint density at radius 1 is 1.64 bits per heavy atom. The fourth-order valence-corrected chi connectivity index (χ4v) is 1.09. The number of carbonyl (C=O) groups excluding carboxylic acids is 1. The van der Waals surface area contributed by atoms with Gasteiger partial charge in [-0.05, 0) is 5.41 Å². The van der Waals surface area contributed by atoms with Crippen molar-refractivity contribution >= 4 is 17.7 Å². The molecule has 3 N–H and O–H groups in total. The highest BCUT2D eigenvalue weighted by molar-refractivity contribution is 8.02. The number of rotatable bonds is 4.